The van der Waals surface area contributed by atoms with Gasteiger partial charge in [-0.3, -0.25) is 14.3 Å². The summed E-state index contributed by atoms with van der Waals surface area (Å²) in [7, 11) is 1.61. The van der Waals surface area contributed by atoms with Gasteiger partial charge in [-0.1, -0.05) is 0 Å². The van der Waals surface area contributed by atoms with Crippen LogP contribution in [0.25, 0.3) is 0 Å². The summed E-state index contributed by atoms with van der Waals surface area (Å²) >= 11 is 0. The highest BCUT2D eigenvalue weighted by Gasteiger charge is 2.52. The van der Waals surface area contributed by atoms with Crippen LogP contribution in [0.15, 0.2) is 12.4 Å². The first-order valence-corrected chi connectivity index (χ1v) is 9.54. The second kappa shape index (κ2) is 7.78. The number of carbonyl (C=O) groups is 2. The lowest BCUT2D eigenvalue weighted by atomic mass is 9.79. The largest absolute Gasteiger partial charge is 0.369 e. The SMILES string of the molecule is COC1C(=O)N(C(C)C)C1C1CCN(C(=O)CCn2cc(C)cn2)CC1. The van der Waals surface area contributed by atoms with Crippen LogP contribution in [0.2, 0.25) is 0 Å². The van der Waals surface area contributed by atoms with Crippen molar-refractivity contribution in [1.29, 1.82) is 0 Å². The number of likely N-dealkylation sites (tertiary alicyclic amines) is 2. The molecule has 3 heterocycles. The van der Waals surface area contributed by atoms with E-state index in [9.17, 15) is 9.59 Å². The predicted octanol–water partition coefficient (Wildman–Crippen LogP) is 1.45. The van der Waals surface area contributed by atoms with Crippen molar-refractivity contribution in [3.05, 3.63) is 18.0 Å². The molecule has 0 aromatic carbocycles. The molecule has 2 amide bonds. The molecule has 0 spiro atoms. The molecule has 2 unspecified atom stereocenters. The summed E-state index contributed by atoms with van der Waals surface area (Å²) in [5.74, 6) is 0.684. The van der Waals surface area contributed by atoms with Crippen molar-refractivity contribution in [3.8, 4) is 0 Å². The zero-order valence-corrected chi connectivity index (χ0v) is 16.2. The zero-order chi connectivity index (χ0) is 18.8. The van der Waals surface area contributed by atoms with E-state index in [4.69, 9.17) is 4.74 Å². The molecule has 2 fully saturated rings. The molecule has 7 heteroatoms. The Hall–Kier alpha value is -1.89. The van der Waals surface area contributed by atoms with E-state index >= 15 is 0 Å². The quantitative estimate of drug-likeness (QED) is 0.719. The molecule has 0 N–H and O–H groups in total. The Bertz CT molecular complexity index is 649. The molecule has 2 saturated heterocycles. The van der Waals surface area contributed by atoms with Crippen molar-refractivity contribution in [2.45, 2.75) is 64.8 Å². The lowest BCUT2D eigenvalue weighted by molar-refractivity contribution is -0.182. The monoisotopic (exact) mass is 362 g/mol. The van der Waals surface area contributed by atoms with Crippen molar-refractivity contribution < 1.29 is 14.3 Å². The van der Waals surface area contributed by atoms with E-state index in [2.05, 4.69) is 5.10 Å². The van der Waals surface area contributed by atoms with Crippen molar-refractivity contribution >= 4 is 11.8 Å². The molecule has 26 heavy (non-hydrogen) atoms. The minimum atomic E-state index is -0.312. The van der Waals surface area contributed by atoms with Gasteiger partial charge in [0.25, 0.3) is 5.91 Å². The van der Waals surface area contributed by atoms with Gasteiger partial charge in [0, 0.05) is 45.4 Å². The fourth-order valence-electron chi connectivity index (χ4n) is 4.26. The summed E-state index contributed by atoms with van der Waals surface area (Å²) in [6.45, 7) is 8.23. The Morgan fingerprint density at radius 2 is 2.04 bits per heavy atom. The average molecular weight is 362 g/mol. The Labute approximate surface area is 155 Å². The third kappa shape index (κ3) is 3.63. The van der Waals surface area contributed by atoms with Gasteiger partial charge in [0.1, 0.15) is 0 Å². The van der Waals surface area contributed by atoms with Crippen LogP contribution in [0.4, 0.5) is 0 Å². The molecule has 0 radical (unpaired) electrons. The third-order valence-electron chi connectivity index (χ3n) is 5.63. The normalized spacial score (nSPS) is 24.3. The van der Waals surface area contributed by atoms with Crippen molar-refractivity contribution in [2.24, 2.45) is 5.92 Å². The lowest BCUT2D eigenvalue weighted by Gasteiger charge is -2.53. The van der Waals surface area contributed by atoms with E-state index in [-0.39, 0.29) is 30.0 Å². The number of methoxy groups -OCH3 is 1. The fourth-order valence-corrected chi connectivity index (χ4v) is 4.26. The smallest absolute Gasteiger partial charge is 0.254 e. The third-order valence-corrected chi connectivity index (χ3v) is 5.63. The van der Waals surface area contributed by atoms with Gasteiger partial charge in [-0.25, -0.2) is 0 Å². The summed E-state index contributed by atoms with van der Waals surface area (Å²) < 4.78 is 7.25. The van der Waals surface area contributed by atoms with Gasteiger partial charge in [-0.05, 0) is 45.1 Å². The van der Waals surface area contributed by atoms with Crippen LogP contribution in [0, 0.1) is 12.8 Å². The molecule has 0 saturated carbocycles. The van der Waals surface area contributed by atoms with Crippen molar-refractivity contribution in [2.75, 3.05) is 20.2 Å². The summed E-state index contributed by atoms with van der Waals surface area (Å²) in [5.41, 5.74) is 1.11. The molecule has 2 atom stereocenters. The first kappa shape index (κ1) is 18.9. The molecule has 0 bridgehead atoms. The zero-order valence-electron chi connectivity index (χ0n) is 16.2. The Morgan fingerprint density at radius 1 is 1.35 bits per heavy atom. The van der Waals surface area contributed by atoms with Gasteiger partial charge in [0.2, 0.25) is 5.91 Å². The number of aromatic nitrogens is 2. The number of piperidine rings is 1. The molecular weight excluding hydrogens is 332 g/mol. The molecular formula is C19H30N4O3. The number of aryl methyl sites for hydroxylation is 2. The maximum atomic E-state index is 12.5. The number of hydrogen-bond donors (Lipinski definition) is 0. The van der Waals surface area contributed by atoms with Crippen LogP contribution in [0.5, 0.6) is 0 Å². The Morgan fingerprint density at radius 3 is 2.58 bits per heavy atom. The molecule has 3 rings (SSSR count). The van der Waals surface area contributed by atoms with E-state index in [0.29, 0.717) is 18.9 Å². The number of rotatable bonds is 6. The Balaban J connectivity index is 1.50. The molecule has 7 nitrogen and oxygen atoms in total. The van der Waals surface area contributed by atoms with Gasteiger partial charge < -0.3 is 14.5 Å². The second-order valence-electron chi connectivity index (χ2n) is 7.74. The van der Waals surface area contributed by atoms with Gasteiger partial charge in [0.05, 0.1) is 12.2 Å². The van der Waals surface area contributed by atoms with Gasteiger partial charge >= 0.3 is 0 Å². The number of amides is 2. The summed E-state index contributed by atoms with van der Waals surface area (Å²) in [4.78, 5) is 28.6. The van der Waals surface area contributed by atoms with E-state index in [0.717, 1.165) is 31.5 Å². The van der Waals surface area contributed by atoms with E-state index in [1.165, 1.54) is 0 Å². The summed E-state index contributed by atoms with van der Waals surface area (Å²) in [5, 5.41) is 4.23. The van der Waals surface area contributed by atoms with Crippen molar-refractivity contribution in [1.82, 2.24) is 19.6 Å². The average Bonchev–Trinajstić information content (AvgIpc) is 3.03. The van der Waals surface area contributed by atoms with Crippen LogP contribution in [-0.4, -0.2) is 69.8 Å². The number of β-lactam (4-membered cyclic amide) rings is 1. The van der Waals surface area contributed by atoms with Crippen LogP contribution >= 0.6 is 0 Å². The first-order valence-electron chi connectivity index (χ1n) is 9.54. The minimum absolute atomic E-state index is 0.0977. The maximum Gasteiger partial charge on any atom is 0.254 e. The van der Waals surface area contributed by atoms with Gasteiger partial charge in [-0.15, -0.1) is 0 Å². The number of carbonyl (C=O) groups excluding carboxylic acids is 2. The molecule has 1 aromatic heterocycles. The lowest BCUT2D eigenvalue weighted by Crippen LogP contribution is -2.70. The van der Waals surface area contributed by atoms with Crippen LogP contribution < -0.4 is 0 Å². The van der Waals surface area contributed by atoms with Crippen LogP contribution in [0.1, 0.15) is 38.7 Å². The number of hydrogen-bond acceptors (Lipinski definition) is 4. The van der Waals surface area contributed by atoms with E-state index < -0.39 is 0 Å². The topological polar surface area (TPSA) is 67.7 Å². The van der Waals surface area contributed by atoms with Crippen LogP contribution in [-0.2, 0) is 20.9 Å². The highest BCUT2D eigenvalue weighted by atomic mass is 16.5. The molecule has 2 aliphatic rings. The fraction of sp³-hybridized carbons (Fsp3) is 0.737. The standard InChI is InChI=1S/C19H30N4O3/c1-13(2)23-17(18(26-4)19(23)25)15-5-8-21(9-6-15)16(24)7-10-22-12-14(3)11-20-22/h11-13,15,17-18H,5-10H2,1-4H3. The summed E-state index contributed by atoms with van der Waals surface area (Å²) in [6.07, 6.45) is 5.78. The molecule has 1 aromatic rings. The van der Waals surface area contributed by atoms with Gasteiger partial charge in [-0.2, -0.15) is 5.10 Å². The highest BCUT2D eigenvalue weighted by molar-refractivity contribution is 5.88. The van der Waals surface area contributed by atoms with Crippen molar-refractivity contribution in [3.63, 3.8) is 0 Å². The highest BCUT2D eigenvalue weighted by Crippen LogP contribution is 2.36. The number of ether oxygens (including phenoxy) is 1. The van der Waals surface area contributed by atoms with E-state index in [1.807, 2.05) is 47.6 Å². The molecule has 144 valence electrons. The maximum absolute atomic E-state index is 12.5. The minimum Gasteiger partial charge on any atom is -0.369 e. The Kier molecular flexibility index (Phi) is 5.65. The number of nitrogens with zero attached hydrogens (tertiary/aromatic N) is 4. The van der Waals surface area contributed by atoms with Gasteiger partial charge in [0.15, 0.2) is 6.10 Å². The van der Waals surface area contributed by atoms with E-state index in [1.54, 1.807) is 7.11 Å². The predicted molar refractivity (Wildman–Crippen MR) is 97.5 cm³/mol. The molecule has 2 aliphatic heterocycles. The molecule has 0 aliphatic carbocycles. The second-order valence-corrected chi connectivity index (χ2v) is 7.74. The summed E-state index contributed by atoms with van der Waals surface area (Å²) in [6, 6.07) is 0.341. The van der Waals surface area contributed by atoms with Crippen LogP contribution in [0.3, 0.4) is 0 Å². The first-order chi connectivity index (χ1) is 12.4.